The first kappa shape index (κ1) is 24.7. The van der Waals surface area contributed by atoms with E-state index in [1.54, 1.807) is 19.9 Å². The quantitative estimate of drug-likeness (QED) is 0.289. The van der Waals surface area contributed by atoms with Gasteiger partial charge in [-0.25, -0.2) is 14.2 Å². The molecule has 5 N–H and O–H groups in total. The SMILES string of the molecule is CC[C@@]1(O)C(=O)OCc2c1cc1n(c2=O)Cc2c-1nc1cc(F)c(C)c3c1c2[C@@H](NC(=O)C(N)CO)CC3. The number of aliphatic hydroxyl groups excluding tert-OH is 1. The van der Waals surface area contributed by atoms with Crippen LogP contribution >= 0.6 is 0 Å². The van der Waals surface area contributed by atoms with Crippen LogP contribution in [0.1, 0.15) is 59.2 Å². The molecule has 6 rings (SSSR count). The number of benzene rings is 1. The number of carbonyl (C=O) groups is 2. The van der Waals surface area contributed by atoms with E-state index in [1.807, 2.05) is 0 Å². The molecular formula is C27H27FN4O6. The normalized spacial score (nSPS) is 21.9. The maximum absolute atomic E-state index is 14.9. The molecule has 1 aromatic carbocycles. The summed E-state index contributed by atoms with van der Waals surface area (Å²) < 4.78 is 21.6. The van der Waals surface area contributed by atoms with E-state index in [2.05, 4.69) is 5.32 Å². The minimum absolute atomic E-state index is 0.0120. The summed E-state index contributed by atoms with van der Waals surface area (Å²) in [4.78, 5) is 43.5. The van der Waals surface area contributed by atoms with Crippen LogP contribution in [0.5, 0.6) is 0 Å². The van der Waals surface area contributed by atoms with Gasteiger partial charge in [0.25, 0.3) is 5.56 Å². The highest BCUT2D eigenvalue weighted by Gasteiger charge is 2.46. The van der Waals surface area contributed by atoms with Crippen molar-refractivity contribution in [2.75, 3.05) is 6.61 Å². The molecule has 1 amide bonds. The summed E-state index contributed by atoms with van der Waals surface area (Å²) in [6.45, 7) is 2.71. The fourth-order valence-electron chi connectivity index (χ4n) is 6.06. The van der Waals surface area contributed by atoms with Gasteiger partial charge in [-0.15, -0.1) is 0 Å². The second-order valence-electron chi connectivity index (χ2n) is 10.2. The monoisotopic (exact) mass is 522 g/mol. The first-order valence-corrected chi connectivity index (χ1v) is 12.6. The molecule has 2 aliphatic heterocycles. The first-order chi connectivity index (χ1) is 18.1. The lowest BCUT2D eigenvalue weighted by Crippen LogP contribution is -2.45. The third kappa shape index (κ3) is 3.22. The standard InChI is InChI=1S/C27H27FN4O6/c1-3-27(37)15-6-20-23-13(8-32(20)25(35)14(15)10-38-26(27)36)22-18(31-24(34)17(29)9-33)5-4-12-11(2)16(28)7-19(30-23)21(12)22/h6-7,17-18,33,37H,3-5,8-10,29H2,1-2H3,(H,31,34)/t17?,18-,27-/m0/s1. The highest BCUT2D eigenvalue weighted by Crippen LogP contribution is 2.45. The minimum atomic E-state index is -1.97. The van der Waals surface area contributed by atoms with E-state index in [-0.39, 0.29) is 30.7 Å². The van der Waals surface area contributed by atoms with Crippen LogP contribution in [0, 0.1) is 12.7 Å². The van der Waals surface area contributed by atoms with E-state index in [4.69, 9.17) is 15.5 Å². The van der Waals surface area contributed by atoms with Gasteiger partial charge >= 0.3 is 5.97 Å². The van der Waals surface area contributed by atoms with Gasteiger partial charge in [0.1, 0.15) is 18.5 Å². The van der Waals surface area contributed by atoms with Crippen molar-refractivity contribution in [1.29, 1.82) is 0 Å². The Morgan fingerprint density at radius 2 is 2.11 bits per heavy atom. The van der Waals surface area contributed by atoms with E-state index in [0.717, 1.165) is 16.5 Å². The lowest BCUT2D eigenvalue weighted by Gasteiger charge is -2.31. The molecule has 0 saturated heterocycles. The molecule has 38 heavy (non-hydrogen) atoms. The van der Waals surface area contributed by atoms with Gasteiger partial charge in [0.15, 0.2) is 5.60 Å². The minimum Gasteiger partial charge on any atom is -0.458 e. The van der Waals surface area contributed by atoms with Crippen LogP contribution in [-0.2, 0) is 39.5 Å². The Labute approximate surface area is 216 Å². The van der Waals surface area contributed by atoms with Gasteiger partial charge in [-0.3, -0.25) is 9.59 Å². The number of amides is 1. The first-order valence-electron chi connectivity index (χ1n) is 12.6. The molecule has 4 heterocycles. The second-order valence-corrected chi connectivity index (χ2v) is 10.2. The maximum Gasteiger partial charge on any atom is 0.343 e. The molecule has 0 bridgehead atoms. The number of aliphatic hydroxyl groups is 2. The number of nitrogens with two attached hydrogens (primary N) is 1. The summed E-state index contributed by atoms with van der Waals surface area (Å²) in [7, 11) is 0. The summed E-state index contributed by atoms with van der Waals surface area (Å²) in [6, 6.07) is 1.34. The predicted molar refractivity (Wildman–Crippen MR) is 133 cm³/mol. The van der Waals surface area contributed by atoms with Crippen LogP contribution < -0.4 is 16.6 Å². The predicted octanol–water partition coefficient (Wildman–Crippen LogP) is 0.950. The van der Waals surface area contributed by atoms with E-state index in [1.165, 1.54) is 10.6 Å². The molecule has 3 aromatic rings. The van der Waals surface area contributed by atoms with Crippen molar-refractivity contribution < 1.29 is 28.9 Å². The Hall–Kier alpha value is -3.67. The Kier molecular flexibility index (Phi) is 5.46. The third-order valence-corrected chi connectivity index (χ3v) is 8.23. The van der Waals surface area contributed by atoms with Gasteiger partial charge in [0, 0.05) is 22.6 Å². The summed E-state index contributed by atoms with van der Waals surface area (Å²) in [5.74, 6) is -1.74. The third-order valence-electron chi connectivity index (χ3n) is 8.23. The van der Waals surface area contributed by atoms with E-state index in [9.17, 15) is 29.0 Å². The average Bonchev–Trinajstić information content (AvgIpc) is 3.28. The molecule has 0 spiro atoms. The number of aromatic nitrogens is 2. The van der Waals surface area contributed by atoms with Crippen LogP contribution in [0.15, 0.2) is 16.9 Å². The second kappa shape index (κ2) is 8.42. The number of aryl methyl sites for hydroxylation is 1. The van der Waals surface area contributed by atoms with Gasteiger partial charge in [0.2, 0.25) is 5.91 Å². The molecule has 198 valence electrons. The molecule has 0 saturated carbocycles. The Bertz CT molecular complexity index is 1630. The maximum atomic E-state index is 14.9. The number of nitrogens with one attached hydrogen (secondary N) is 1. The van der Waals surface area contributed by atoms with Crippen LogP contribution in [0.3, 0.4) is 0 Å². The number of fused-ring (bicyclic) bond motifs is 5. The van der Waals surface area contributed by atoms with Crippen molar-refractivity contribution in [3.05, 3.63) is 61.7 Å². The fraction of sp³-hybridized carbons (Fsp3) is 0.407. The number of halogens is 1. The number of pyridine rings is 2. The number of ether oxygens (including phenoxy) is 1. The van der Waals surface area contributed by atoms with Gasteiger partial charge in [-0.1, -0.05) is 6.92 Å². The number of cyclic esters (lactones) is 1. The molecule has 2 aromatic heterocycles. The highest BCUT2D eigenvalue weighted by atomic mass is 19.1. The molecule has 11 heteroatoms. The summed E-state index contributed by atoms with van der Waals surface area (Å²) in [6.07, 6.45) is 0.974. The fourth-order valence-corrected chi connectivity index (χ4v) is 6.06. The van der Waals surface area contributed by atoms with Crippen molar-refractivity contribution in [3.8, 4) is 11.4 Å². The topological polar surface area (TPSA) is 157 Å². The number of hydrogen-bond donors (Lipinski definition) is 4. The number of nitrogens with zero attached hydrogens (tertiary/aromatic N) is 2. The van der Waals surface area contributed by atoms with Crippen molar-refractivity contribution in [1.82, 2.24) is 14.9 Å². The van der Waals surface area contributed by atoms with E-state index < -0.39 is 47.5 Å². The highest BCUT2D eigenvalue weighted by molar-refractivity contribution is 5.94. The van der Waals surface area contributed by atoms with Crippen LogP contribution in [-0.4, -0.2) is 44.3 Å². The summed E-state index contributed by atoms with van der Waals surface area (Å²) in [5, 5.41) is 24.2. The lowest BCUT2D eigenvalue weighted by molar-refractivity contribution is -0.172. The smallest absolute Gasteiger partial charge is 0.343 e. The molecule has 3 atom stereocenters. The zero-order valence-corrected chi connectivity index (χ0v) is 20.9. The van der Waals surface area contributed by atoms with Crippen molar-refractivity contribution in [3.63, 3.8) is 0 Å². The zero-order chi connectivity index (χ0) is 27.1. The zero-order valence-electron chi connectivity index (χ0n) is 20.9. The lowest BCUT2D eigenvalue weighted by atomic mass is 9.81. The van der Waals surface area contributed by atoms with Gasteiger partial charge in [-0.2, -0.15) is 0 Å². The van der Waals surface area contributed by atoms with E-state index >= 15 is 0 Å². The molecule has 3 aliphatic rings. The van der Waals surface area contributed by atoms with Crippen molar-refractivity contribution in [2.24, 2.45) is 5.73 Å². The Morgan fingerprint density at radius 1 is 1.34 bits per heavy atom. The molecule has 1 aliphatic carbocycles. The molecular weight excluding hydrogens is 495 g/mol. The van der Waals surface area contributed by atoms with Crippen LogP contribution in [0.2, 0.25) is 0 Å². The molecule has 1 unspecified atom stereocenters. The molecule has 0 fully saturated rings. The van der Waals surface area contributed by atoms with Crippen LogP contribution in [0.25, 0.3) is 22.3 Å². The summed E-state index contributed by atoms with van der Waals surface area (Å²) >= 11 is 0. The largest absolute Gasteiger partial charge is 0.458 e. The molecule has 10 nitrogen and oxygen atoms in total. The number of esters is 1. The van der Waals surface area contributed by atoms with E-state index in [0.29, 0.717) is 40.9 Å². The van der Waals surface area contributed by atoms with Gasteiger partial charge in [-0.05, 0) is 48.9 Å². The average molecular weight is 523 g/mol. The number of carbonyl (C=O) groups excluding carboxylic acids is 2. The van der Waals surface area contributed by atoms with Crippen molar-refractivity contribution in [2.45, 2.75) is 63.9 Å². The van der Waals surface area contributed by atoms with Crippen LogP contribution in [0.4, 0.5) is 4.39 Å². The molecule has 0 radical (unpaired) electrons. The van der Waals surface area contributed by atoms with Gasteiger partial charge in [0.05, 0.1) is 41.7 Å². The summed E-state index contributed by atoms with van der Waals surface area (Å²) in [5.41, 5.74) is 7.69. The Balaban J connectivity index is 1.63. The number of rotatable bonds is 4. The Morgan fingerprint density at radius 3 is 2.82 bits per heavy atom. The van der Waals surface area contributed by atoms with Gasteiger partial charge < -0.3 is 30.6 Å². The number of hydrogen-bond acceptors (Lipinski definition) is 8. The van der Waals surface area contributed by atoms with Crippen molar-refractivity contribution >= 4 is 22.8 Å².